The van der Waals surface area contributed by atoms with Crippen molar-refractivity contribution in [3.8, 4) is 0 Å². The summed E-state index contributed by atoms with van der Waals surface area (Å²) in [5.74, 6) is -0.858. The predicted molar refractivity (Wildman–Crippen MR) is 73.2 cm³/mol. The first-order valence-electron chi connectivity index (χ1n) is 7.09. The maximum atomic E-state index is 11.5. The lowest BCUT2D eigenvalue weighted by molar-refractivity contribution is -0.139. The molecule has 20 heavy (non-hydrogen) atoms. The summed E-state index contributed by atoms with van der Waals surface area (Å²) in [4.78, 5) is 33.8. The van der Waals surface area contributed by atoms with Crippen molar-refractivity contribution in [2.75, 3.05) is 13.1 Å². The Morgan fingerprint density at radius 1 is 1.20 bits per heavy atom. The van der Waals surface area contributed by atoms with E-state index in [-0.39, 0.29) is 18.4 Å². The number of carbonyl (C=O) groups is 3. The molecular weight excluding hydrogens is 262 g/mol. The summed E-state index contributed by atoms with van der Waals surface area (Å²) in [6.07, 6.45) is 3.92. The Balaban J connectivity index is 2.13. The third-order valence-corrected chi connectivity index (χ3v) is 3.11. The number of nitrogens with one attached hydrogen (secondary N) is 3. The number of unbranched alkanes of at least 4 members (excludes halogenated alkanes) is 1. The summed E-state index contributed by atoms with van der Waals surface area (Å²) < 4.78 is 0. The topological polar surface area (TPSA) is 108 Å². The van der Waals surface area contributed by atoms with Gasteiger partial charge in [0.1, 0.15) is 6.04 Å². The van der Waals surface area contributed by atoms with E-state index in [0.717, 1.165) is 25.7 Å². The van der Waals surface area contributed by atoms with Gasteiger partial charge in [-0.3, -0.25) is 4.79 Å². The number of carboxylic acid groups (broad SMARTS) is 1. The number of aliphatic carboxylic acids is 1. The van der Waals surface area contributed by atoms with E-state index in [1.807, 2.05) is 6.92 Å². The first-order chi connectivity index (χ1) is 9.54. The third-order valence-electron chi connectivity index (χ3n) is 3.11. The van der Waals surface area contributed by atoms with Crippen molar-refractivity contribution in [2.45, 2.75) is 45.1 Å². The standard InChI is InChI=1S/C13H23N3O4/c1-2-3-4-10(12(18)19)16-13(20)15-8-7-14-11(17)9-5-6-9/h9-10H,2-8H2,1H3,(H,14,17)(H,18,19)(H2,15,16,20). The van der Waals surface area contributed by atoms with Crippen LogP contribution in [-0.4, -0.2) is 42.1 Å². The molecule has 1 fully saturated rings. The minimum Gasteiger partial charge on any atom is -0.480 e. The fourth-order valence-electron chi connectivity index (χ4n) is 1.73. The Morgan fingerprint density at radius 3 is 2.40 bits per heavy atom. The lowest BCUT2D eigenvalue weighted by Crippen LogP contribution is -2.47. The van der Waals surface area contributed by atoms with E-state index in [1.54, 1.807) is 0 Å². The maximum Gasteiger partial charge on any atom is 0.326 e. The van der Waals surface area contributed by atoms with Gasteiger partial charge >= 0.3 is 12.0 Å². The van der Waals surface area contributed by atoms with Crippen molar-refractivity contribution in [3.05, 3.63) is 0 Å². The zero-order valence-electron chi connectivity index (χ0n) is 11.8. The normalized spacial score (nSPS) is 15.2. The first kappa shape index (κ1) is 16.3. The molecule has 1 unspecified atom stereocenters. The first-order valence-corrected chi connectivity index (χ1v) is 7.09. The van der Waals surface area contributed by atoms with Gasteiger partial charge in [-0.05, 0) is 19.3 Å². The molecule has 0 heterocycles. The van der Waals surface area contributed by atoms with Gasteiger partial charge in [-0.25, -0.2) is 9.59 Å². The number of amides is 3. The quantitative estimate of drug-likeness (QED) is 0.461. The van der Waals surface area contributed by atoms with Crippen LogP contribution in [0.2, 0.25) is 0 Å². The summed E-state index contributed by atoms with van der Waals surface area (Å²) in [6, 6.07) is -1.38. The summed E-state index contributed by atoms with van der Waals surface area (Å²) >= 11 is 0. The van der Waals surface area contributed by atoms with E-state index in [9.17, 15) is 14.4 Å². The van der Waals surface area contributed by atoms with Crippen molar-refractivity contribution < 1.29 is 19.5 Å². The summed E-state index contributed by atoms with van der Waals surface area (Å²) in [6.45, 7) is 2.60. The number of carboxylic acids is 1. The van der Waals surface area contributed by atoms with Crippen LogP contribution in [-0.2, 0) is 9.59 Å². The molecule has 1 aliphatic carbocycles. The van der Waals surface area contributed by atoms with Crippen LogP contribution in [0.15, 0.2) is 0 Å². The van der Waals surface area contributed by atoms with Crippen LogP contribution in [0.5, 0.6) is 0 Å². The van der Waals surface area contributed by atoms with E-state index in [4.69, 9.17) is 5.11 Å². The van der Waals surface area contributed by atoms with Gasteiger partial charge in [-0.2, -0.15) is 0 Å². The monoisotopic (exact) mass is 285 g/mol. The Hall–Kier alpha value is -1.79. The molecule has 0 aliphatic heterocycles. The van der Waals surface area contributed by atoms with E-state index in [1.165, 1.54) is 0 Å². The van der Waals surface area contributed by atoms with Gasteiger partial charge < -0.3 is 21.1 Å². The zero-order valence-corrected chi connectivity index (χ0v) is 11.8. The Morgan fingerprint density at radius 2 is 1.85 bits per heavy atom. The molecule has 1 atom stereocenters. The lowest BCUT2D eigenvalue weighted by atomic mass is 10.1. The molecule has 3 amide bonds. The van der Waals surface area contributed by atoms with Crippen molar-refractivity contribution in [1.82, 2.24) is 16.0 Å². The molecule has 1 rings (SSSR count). The fraction of sp³-hybridized carbons (Fsp3) is 0.769. The van der Waals surface area contributed by atoms with Gasteiger partial charge in [0.25, 0.3) is 0 Å². The van der Waals surface area contributed by atoms with Crippen molar-refractivity contribution >= 4 is 17.9 Å². The number of rotatable bonds is 9. The third kappa shape index (κ3) is 6.40. The average Bonchev–Trinajstić information content (AvgIpc) is 3.23. The van der Waals surface area contributed by atoms with E-state index in [0.29, 0.717) is 13.0 Å². The van der Waals surface area contributed by atoms with Crippen LogP contribution in [0.3, 0.4) is 0 Å². The molecule has 1 saturated carbocycles. The summed E-state index contributed by atoms with van der Waals surface area (Å²) in [5.41, 5.74) is 0. The van der Waals surface area contributed by atoms with Gasteiger partial charge in [-0.1, -0.05) is 19.8 Å². The van der Waals surface area contributed by atoms with Crippen LogP contribution in [0.25, 0.3) is 0 Å². The van der Waals surface area contributed by atoms with Crippen molar-refractivity contribution in [1.29, 1.82) is 0 Å². The SMILES string of the molecule is CCCCC(NC(=O)NCCNC(=O)C1CC1)C(=O)O. The van der Waals surface area contributed by atoms with Gasteiger partial charge in [0.05, 0.1) is 0 Å². The highest BCUT2D eigenvalue weighted by Gasteiger charge is 2.29. The molecule has 7 heteroatoms. The molecule has 0 saturated heterocycles. The molecule has 0 spiro atoms. The molecule has 0 aromatic heterocycles. The van der Waals surface area contributed by atoms with Crippen LogP contribution in [0.1, 0.15) is 39.0 Å². The minimum atomic E-state index is -1.03. The maximum absolute atomic E-state index is 11.5. The number of carbonyl (C=O) groups excluding carboxylic acids is 2. The molecular formula is C13H23N3O4. The predicted octanol–water partition coefficient (Wildman–Crippen LogP) is 0.455. The lowest BCUT2D eigenvalue weighted by Gasteiger charge is -2.14. The van der Waals surface area contributed by atoms with Gasteiger partial charge in [0.15, 0.2) is 0 Å². The molecule has 1 aliphatic rings. The Kier molecular flexibility index (Phi) is 6.83. The van der Waals surface area contributed by atoms with E-state index in [2.05, 4.69) is 16.0 Å². The number of urea groups is 1. The van der Waals surface area contributed by atoms with Crippen molar-refractivity contribution in [2.24, 2.45) is 5.92 Å². The molecule has 0 aromatic rings. The second kappa shape index (κ2) is 8.39. The highest BCUT2D eigenvalue weighted by Crippen LogP contribution is 2.28. The molecule has 114 valence electrons. The zero-order chi connectivity index (χ0) is 15.0. The van der Waals surface area contributed by atoms with E-state index >= 15 is 0 Å². The Labute approximate surface area is 118 Å². The number of hydrogen-bond acceptors (Lipinski definition) is 3. The summed E-state index contributed by atoms with van der Waals surface area (Å²) in [5, 5.41) is 16.6. The van der Waals surface area contributed by atoms with Crippen LogP contribution >= 0.6 is 0 Å². The molecule has 0 radical (unpaired) electrons. The highest BCUT2D eigenvalue weighted by molar-refractivity contribution is 5.82. The average molecular weight is 285 g/mol. The van der Waals surface area contributed by atoms with Crippen LogP contribution in [0.4, 0.5) is 4.79 Å². The molecule has 4 N–H and O–H groups in total. The molecule has 0 aromatic carbocycles. The minimum absolute atomic E-state index is 0.0265. The van der Waals surface area contributed by atoms with Crippen LogP contribution in [0, 0.1) is 5.92 Å². The summed E-state index contributed by atoms with van der Waals surface area (Å²) in [7, 11) is 0. The van der Waals surface area contributed by atoms with Gasteiger partial charge in [-0.15, -0.1) is 0 Å². The molecule has 0 bridgehead atoms. The second-order valence-corrected chi connectivity index (χ2v) is 5.00. The van der Waals surface area contributed by atoms with E-state index < -0.39 is 18.0 Å². The van der Waals surface area contributed by atoms with Gasteiger partial charge in [0.2, 0.25) is 5.91 Å². The molecule has 7 nitrogen and oxygen atoms in total. The largest absolute Gasteiger partial charge is 0.480 e. The second-order valence-electron chi connectivity index (χ2n) is 5.00. The van der Waals surface area contributed by atoms with Gasteiger partial charge in [0, 0.05) is 19.0 Å². The highest BCUT2D eigenvalue weighted by atomic mass is 16.4. The fourth-order valence-corrected chi connectivity index (χ4v) is 1.73. The smallest absolute Gasteiger partial charge is 0.326 e. The Bertz CT molecular complexity index is 356. The number of hydrogen-bond donors (Lipinski definition) is 4. The van der Waals surface area contributed by atoms with Crippen molar-refractivity contribution in [3.63, 3.8) is 0 Å². The van der Waals surface area contributed by atoms with Crippen LogP contribution < -0.4 is 16.0 Å².